The number of aryl methyl sites for hydroxylation is 1. The number of likely N-dealkylation sites (N-methyl/N-ethyl adjacent to an activating group) is 1. The molecule has 1 aromatic carbocycles. The van der Waals surface area contributed by atoms with Crippen molar-refractivity contribution in [3.05, 3.63) is 70.0 Å². The number of carbonyl (C=O) groups excluding carboxylic acids is 2. The first-order valence-corrected chi connectivity index (χ1v) is 12.3. The number of nitrogens with one attached hydrogen (secondary N) is 3. The third-order valence-electron chi connectivity index (χ3n) is 4.73. The second kappa shape index (κ2) is 13.7. The Bertz CT molecular complexity index is 1160. The fourth-order valence-electron chi connectivity index (χ4n) is 3.22. The van der Waals surface area contributed by atoms with Crippen LogP contribution in [0.15, 0.2) is 42.6 Å². The van der Waals surface area contributed by atoms with Crippen molar-refractivity contribution in [3.8, 4) is 5.75 Å². The number of hydrogen-bond donors (Lipinski definition) is 2. The first-order valence-electron chi connectivity index (χ1n) is 10.4. The van der Waals surface area contributed by atoms with Crippen molar-refractivity contribution in [3.63, 3.8) is 0 Å². The van der Waals surface area contributed by atoms with Gasteiger partial charge in [-0.2, -0.15) is 10.9 Å². The van der Waals surface area contributed by atoms with E-state index in [1.165, 1.54) is 28.1 Å². The zero-order chi connectivity index (χ0) is 26.8. The molecule has 3 aromatic rings. The van der Waals surface area contributed by atoms with Crippen molar-refractivity contribution >= 4 is 40.5 Å². The van der Waals surface area contributed by atoms with Crippen LogP contribution in [-0.4, -0.2) is 55.7 Å². The van der Waals surface area contributed by atoms with Crippen LogP contribution in [0.25, 0.3) is 5.73 Å². The van der Waals surface area contributed by atoms with E-state index >= 15 is 0 Å². The summed E-state index contributed by atoms with van der Waals surface area (Å²) in [5.74, 6) is -0.502. The molecule has 1 aliphatic rings. The van der Waals surface area contributed by atoms with Crippen molar-refractivity contribution in [1.29, 1.82) is 0 Å². The number of pyridine rings is 1. The van der Waals surface area contributed by atoms with Gasteiger partial charge in [0, 0.05) is 13.1 Å². The Balaban J connectivity index is 0.000000491. The molecule has 2 aromatic heterocycles. The zero-order valence-electron chi connectivity index (χ0n) is 19.9. The van der Waals surface area contributed by atoms with Crippen LogP contribution in [0.1, 0.15) is 15.2 Å². The molecular formula is C23H25FN6O4OsS-2. The number of thiophene rings is 1. The summed E-state index contributed by atoms with van der Waals surface area (Å²) in [6.07, 6.45) is 0.724. The monoisotopic (exact) mass is 692 g/mol. The minimum atomic E-state index is -0.993. The number of amides is 3. The molecule has 4 rings (SSSR count). The molecule has 1 unspecified atom stereocenters. The molecule has 3 amide bonds. The van der Waals surface area contributed by atoms with Crippen LogP contribution in [0.5, 0.6) is 5.75 Å². The summed E-state index contributed by atoms with van der Waals surface area (Å²) in [4.78, 5) is 32.6. The molecular weight excluding hydrogens is 666 g/mol. The number of hydrogen-bond acceptors (Lipinski definition) is 8. The minimum absolute atomic E-state index is 0.107. The molecule has 36 heavy (non-hydrogen) atoms. The van der Waals surface area contributed by atoms with Crippen molar-refractivity contribution in [2.75, 3.05) is 43.2 Å². The predicted molar refractivity (Wildman–Crippen MR) is 132 cm³/mol. The number of ether oxygens (including phenoxy) is 1. The van der Waals surface area contributed by atoms with Crippen LogP contribution in [-0.2, 0) is 22.1 Å². The summed E-state index contributed by atoms with van der Waals surface area (Å²) < 4.78 is 28.5. The molecule has 0 spiro atoms. The Labute approximate surface area is 222 Å². The fraction of sp³-hybridized carbons (Fsp3) is 0.261. The number of fused-ring (bicyclic) bond motifs is 1. The molecule has 10 nitrogen and oxygen atoms in total. The average Bonchev–Trinajstić information content (AvgIpc) is 3.32. The number of benzene rings is 1. The van der Waals surface area contributed by atoms with Crippen molar-refractivity contribution in [2.45, 2.75) is 13.2 Å². The Morgan fingerprint density at radius 2 is 2.06 bits per heavy atom. The van der Waals surface area contributed by atoms with Gasteiger partial charge in [-0.15, -0.1) is 5.38 Å². The molecule has 0 bridgehead atoms. The normalized spacial score (nSPS) is 13.9. The summed E-state index contributed by atoms with van der Waals surface area (Å²) in [6.45, 7) is 2.46. The number of nitrogens with zero attached hydrogens (tertiary/aromatic N) is 3. The third kappa shape index (κ3) is 7.62. The molecule has 0 saturated heterocycles. The van der Waals surface area contributed by atoms with Crippen LogP contribution in [0, 0.1) is 18.1 Å². The average molecular weight is 691 g/mol. The van der Waals surface area contributed by atoms with Gasteiger partial charge in [0.05, 0.1) is 35.5 Å². The van der Waals surface area contributed by atoms with Crippen LogP contribution < -0.4 is 20.3 Å². The molecule has 1 atom stereocenters. The molecule has 13 heteroatoms. The standard InChI is InChI=1S/C18H21FN6O3.C5H5S.O.Os/c1-21-13-7-14-11(6-12(13)19)17(26)25(16(28-14)9-24(2)3)10-4-5-15(22-8-10)23-18(20)27;1-5-3-2-4-6-5;;/h4-8,16H,9H2,1-3H3,(H4,20,21,22,23,26,27);2-3H,1H3;;/q;-1;;/p-1. The van der Waals surface area contributed by atoms with E-state index in [0.717, 1.165) is 6.07 Å². The molecule has 0 saturated carbocycles. The van der Waals surface area contributed by atoms with Crippen molar-refractivity contribution < 1.29 is 40.8 Å². The molecule has 194 valence electrons. The number of urea groups is 1. The third-order valence-corrected chi connectivity index (χ3v) is 5.45. The van der Waals surface area contributed by atoms with Gasteiger partial charge in [0.1, 0.15) is 11.6 Å². The van der Waals surface area contributed by atoms with Crippen molar-refractivity contribution in [1.82, 2.24) is 9.88 Å². The number of anilines is 3. The number of aromatic nitrogens is 1. The molecule has 3 N–H and O–H groups in total. The van der Waals surface area contributed by atoms with Gasteiger partial charge in [-0.1, -0.05) is 6.92 Å². The van der Waals surface area contributed by atoms with Gasteiger partial charge in [-0.05, 0) is 32.3 Å². The molecule has 1 aliphatic heterocycles. The fourth-order valence-corrected chi connectivity index (χ4v) is 3.67. The van der Waals surface area contributed by atoms with Crippen LogP contribution in [0.4, 0.5) is 26.4 Å². The Hall–Kier alpha value is -3.26. The first kappa shape index (κ1) is 29.0. The number of carbonyl (C=O) groups is 2. The Morgan fingerprint density at radius 3 is 2.53 bits per heavy atom. The van der Waals surface area contributed by atoms with E-state index < -0.39 is 24.0 Å². The van der Waals surface area contributed by atoms with Crippen LogP contribution in [0.3, 0.4) is 0 Å². The van der Waals surface area contributed by atoms with Crippen LogP contribution >= 0.6 is 11.3 Å². The SMILES string of the molecule is CNc1cc2c(cc1F)C(=O)N(c1ccc(NC([NH-])=O)nc1)C(CN(C)C)O2.Cc1cc[c-]s1.[O]=[Os]. The van der Waals surface area contributed by atoms with Gasteiger partial charge in [0.15, 0.2) is 12.3 Å². The summed E-state index contributed by atoms with van der Waals surface area (Å²) in [7, 11) is 5.27. The van der Waals surface area contributed by atoms with Gasteiger partial charge in [-0.3, -0.25) is 19.5 Å². The van der Waals surface area contributed by atoms with Crippen LogP contribution in [0.2, 0.25) is 0 Å². The molecule has 0 aliphatic carbocycles. The van der Waals surface area contributed by atoms with E-state index in [9.17, 15) is 14.0 Å². The van der Waals surface area contributed by atoms with E-state index in [1.807, 2.05) is 31.1 Å². The maximum absolute atomic E-state index is 14.2. The maximum atomic E-state index is 14.2. The predicted octanol–water partition coefficient (Wildman–Crippen LogP) is 4.51. The summed E-state index contributed by atoms with van der Waals surface area (Å²) >= 11 is 2.26. The Morgan fingerprint density at radius 1 is 1.33 bits per heavy atom. The van der Waals surface area contributed by atoms with E-state index in [2.05, 4.69) is 27.9 Å². The van der Waals surface area contributed by atoms with Gasteiger partial charge in [0.2, 0.25) is 0 Å². The molecule has 0 radical (unpaired) electrons. The molecule has 3 heterocycles. The second-order valence-corrected chi connectivity index (χ2v) is 8.69. The van der Waals surface area contributed by atoms with Crippen molar-refractivity contribution in [2.24, 2.45) is 0 Å². The van der Waals surface area contributed by atoms with Gasteiger partial charge in [0.25, 0.3) is 5.91 Å². The summed E-state index contributed by atoms with van der Waals surface area (Å²) in [6, 6.07) is 8.64. The quantitative estimate of drug-likeness (QED) is 0.378. The van der Waals surface area contributed by atoms with Gasteiger partial charge in [-0.25, -0.2) is 10.5 Å². The van der Waals surface area contributed by atoms with E-state index in [1.54, 1.807) is 24.5 Å². The van der Waals surface area contributed by atoms with Gasteiger partial charge < -0.3 is 37.3 Å². The first-order chi connectivity index (χ1) is 17.2. The second-order valence-electron chi connectivity index (χ2n) is 7.61. The summed E-state index contributed by atoms with van der Waals surface area (Å²) in [5.41, 5.74) is 7.68. The van der Waals surface area contributed by atoms with E-state index in [0.29, 0.717) is 36.5 Å². The topological polar surface area (TPSA) is 128 Å². The zero-order valence-corrected chi connectivity index (χ0v) is 23.3. The van der Waals surface area contributed by atoms with Gasteiger partial charge >= 0.3 is 22.1 Å². The summed E-state index contributed by atoms with van der Waals surface area (Å²) in [5, 5.41) is 7.94. The number of halogens is 1. The molecule has 0 fully saturated rings. The number of rotatable bonds is 5. The van der Waals surface area contributed by atoms with E-state index in [-0.39, 0.29) is 17.1 Å². The Kier molecular flexibility index (Phi) is 11.0. The van der Waals surface area contributed by atoms with E-state index in [4.69, 9.17) is 14.0 Å².